The fourth-order valence-electron chi connectivity index (χ4n) is 3.00. The second-order valence-electron chi connectivity index (χ2n) is 6.57. The maximum absolute atomic E-state index is 12.0. The van der Waals surface area contributed by atoms with Gasteiger partial charge in [0, 0.05) is 44.4 Å². The number of phenolic OH excluding ortho intramolecular Hbond substituents is 2. The predicted octanol–water partition coefficient (Wildman–Crippen LogP) is 1.37. The lowest BCUT2D eigenvalue weighted by atomic mass is 10.2. The van der Waals surface area contributed by atoms with Gasteiger partial charge < -0.3 is 10.2 Å². The van der Waals surface area contributed by atoms with E-state index in [0.717, 1.165) is 32.7 Å². The molecule has 1 saturated heterocycles. The molecule has 7 heteroatoms. The topological polar surface area (TPSA) is 88.4 Å². The summed E-state index contributed by atoms with van der Waals surface area (Å²) in [7, 11) is 0. The molecule has 0 radical (unpaired) electrons. The molecule has 2 aromatic rings. The van der Waals surface area contributed by atoms with E-state index in [1.54, 1.807) is 0 Å². The third-order valence-electron chi connectivity index (χ3n) is 4.49. The van der Waals surface area contributed by atoms with Crippen molar-refractivity contribution in [3.63, 3.8) is 0 Å². The summed E-state index contributed by atoms with van der Waals surface area (Å²) < 4.78 is 0. The van der Waals surface area contributed by atoms with Crippen molar-refractivity contribution in [3.05, 3.63) is 59.7 Å². The van der Waals surface area contributed by atoms with Gasteiger partial charge in [-0.1, -0.05) is 30.3 Å². The molecule has 0 saturated carbocycles. The highest BCUT2D eigenvalue weighted by Crippen LogP contribution is 2.20. The van der Waals surface area contributed by atoms with Crippen LogP contribution in [0.1, 0.15) is 11.1 Å². The van der Waals surface area contributed by atoms with Crippen LogP contribution in [0.15, 0.2) is 53.6 Å². The van der Waals surface area contributed by atoms with Crippen LogP contribution in [0.3, 0.4) is 0 Å². The molecule has 0 unspecified atom stereocenters. The summed E-state index contributed by atoms with van der Waals surface area (Å²) in [6.07, 6.45) is 1.35. The molecule has 1 fully saturated rings. The molecule has 3 rings (SSSR count). The average Bonchev–Trinajstić information content (AvgIpc) is 2.66. The van der Waals surface area contributed by atoms with E-state index in [4.69, 9.17) is 0 Å². The van der Waals surface area contributed by atoms with E-state index in [0.29, 0.717) is 5.56 Å². The fourth-order valence-corrected chi connectivity index (χ4v) is 3.00. The SMILES string of the molecule is O=C(CN1CCN(Cc2ccccc2)CC1)NN=Cc1ccc(O)cc1O. The molecule has 0 bridgehead atoms. The number of rotatable bonds is 6. The average molecular weight is 368 g/mol. The molecule has 3 N–H and O–H groups in total. The summed E-state index contributed by atoms with van der Waals surface area (Å²) >= 11 is 0. The van der Waals surface area contributed by atoms with E-state index in [1.807, 2.05) is 18.2 Å². The van der Waals surface area contributed by atoms with E-state index in [-0.39, 0.29) is 24.0 Å². The van der Waals surface area contributed by atoms with Gasteiger partial charge in [0.25, 0.3) is 5.91 Å². The van der Waals surface area contributed by atoms with Crippen molar-refractivity contribution in [1.82, 2.24) is 15.2 Å². The highest BCUT2D eigenvalue weighted by molar-refractivity contribution is 5.85. The highest BCUT2D eigenvalue weighted by Gasteiger charge is 2.18. The van der Waals surface area contributed by atoms with Crippen molar-refractivity contribution in [3.8, 4) is 11.5 Å². The standard InChI is InChI=1S/C20H24N4O3/c25-18-7-6-17(19(26)12-18)13-21-22-20(27)15-24-10-8-23(9-11-24)14-16-4-2-1-3-5-16/h1-7,12-13,25-26H,8-11,14-15H2,(H,22,27). The summed E-state index contributed by atoms with van der Waals surface area (Å²) in [5, 5.41) is 22.8. The Morgan fingerprint density at radius 2 is 1.74 bits per heavy atom. The van der Waals surface area contributed by atoms with Gasteiger partial charge in [0.1, 0.15) is 11.5 Å². The van der Waals surface area contributed by atoms with Gasteiger partial charge >= 0.3 is 0 Å². The van der Waals surface area contributed by atoms with Crippen LogP contribution in [0.4, 0.5) is 0 Å². The Morgan fingerprint density at radius 1 is 1.04 bits per heavy atom. The smallest absolute Gasteiger partial charge is 0.254 e. The Balaban J connectivity index is 1.39. The van der Waals surface area contributed by atoms with E-state index in [2.05, 4.69) is 32.5 Å². The van der Waals surface area contributed by atoms with Crippen LogP contribution in [0.25, 0.3) is 0 Å². The Bertz CT molecular complexity index is 787. The molecule has 0 aliphatic carbocycles. The first-order chi connectivity index (χ1) is 13.1. The van der Waals surface area contributed by atoms with Crippen LogP contribution in [0.5, 0.6) is 11.5 Å². The first-order valence-corrected chi connectivity index (χ1v) is 8.93. The summed E-state index contributed by atoms with van der Waals surface area (Å²) in [6.45, 7) is 4.74. The summed E-state index contributed by atoms with van der Waals surface area (Å²) in [5.74, 6) is -0.316. The van der Waals surface area contributed by atoms with Gasteiger partial charge in [0.2, 0.25) is 0 Å². The lowest BCUT2D eigenvalue weighted by Crippen LogP contribution is -2.48. The molecule has 1 aliphatic rings. The minimum Gasteiger partial charge on any atom is -0.508 e. The van der Waals surface area contributed by atoms with Gasteiger partial charge in [-0.15, -0.1) is 0 Å². The molecule has 27 heavy (non-hydrogen) atoms. The van der Waals surface area contributed by atoms with Gasteiger partial charge in [0.05, 0.1) is 12.8 Å². The lowest BCUT2D eigenvalue weighted by Gasteiger charge is -2.34. The largest absolute Gasteiger partial charge is 0.508 e. The van der Waals surface area contributed by atoms with Crippen LogP contribution in [-0.2, 0) is 11.3 Å². The third-order valence-corrected chi connectivity index (χ3v) is 4.49. The second-order valence-corrected chi connectivity index (χ2v) is 6.57. The fraction of sp³-hybridized carbons (Fsp3) is 0.300. The number of phenols is 2. The minimum atomic E-state index is -0.193. The first kappa shape index (κ1) is 18.9. The monoisotopic (exact) mass is 368 g/mol. The molecule has 1 heterocycles. The summed E-state index contributed by atoms with van der Waals surface area (Å²) in [5.41, 5.74) is 4.19. The van der Waals surface area contributed by atoms with Crippen LogP contribution in [0.2, 0.25) is 0 Å². The lowest BCUT2D eigenvalue weighted by molar-refractivity contribution is -0.122. The molecular formula is C20H24N4O3. The van der Waals surface area contributed by atoms with E-state index in [1.165, 1.54) is 30.0 Å². The Hall–Kier alpha value is -2.90. The van der Waals surface area contributed by atoms with Crippen molar-refractivity contribution in [2.24, 2.45) is 5.10 Å². The molecule has 0 aromatic heterocycles. The zero-order valence-corrected chi connectivity index (χ0v) is 15.1. The van der Waals surface area contributed by atoms with Gasteiger partial charge in [-0.25, -0.2) is 5.43 Å². The number of carbonyl (C=O) groups excluding carboxylic acids is 1. The maximum atomic E-state index is 12.0. The number of carbonyl (C=O) groups is 1. The molecule has 0 spiro atoms. The van der Waals surface area contributed by atoms with Crippen molar-refractivity contribution in [1.29, 1.82) is 0 Å². The van der Waals surface area contributed by atoms with Crippen molar-refractivity contribution in [2.45, 2.75) is 6.54 Å². The zero-order valence-electron chi connectivity index (χ0n) is 15.1. The normalized spacial score (nSPS) is 15.9. The first-order valence-electron chi connectivity index (χ1n) is 8.93. The number of nitrogens with one attached hydrogen (secondary N) is 1. The molecule has 1 amide bonds. The minimum absolute atomic E-state index is 0.0277. The van der Waals surface area contributed by atoms with E-state index in [9.17, 15) is 15.0 Å². The zero-order chi connectivity index (χ0) is 19.1. The predicted molar refractivity (Wildman–Crippen MR) is 104 cm³/mol. The van der Waals surface area contributed by atoms with Gasteiger partial charge in [-0.05, 0) is 17.7 Å². The van der Waals surface area contributed by atoms with Crippen LogP contribution in [0, 0.1) is 0 Å². The molecule has 142 valence electrons. The molecule has 0 atom stereocenters. The van der Waals surface area contributed by atoms with Crippen LogP contribution >= 0.6 is 0 Å². The number of hydrogen-bond donors (Lipinski definition) is 3. The molecule has 2 aromatic carbocycles. The number of amides is 1. The van der Waals surface area contributed by atoms with Gasteiger partial charge in [0.15, 0.2) is 0 Å². The number of benzene rings is 2. The number of nitrogens with zero attached hydrogens (tertiary/aromatic N) is 3. The highest BCUT2D eigenvalue weighted by atomic mass is 16.3. The van der Waals surface area contributed by atoms with Crippen molar-refractivity contribution in [2.75, 3.05) is 32.7 Å². The Morgan fingerprint density at radius 3 is 2.44 bits per heavy atom. The summed E-state index contributed by atoms with van der Waals surface area (Å²) in [4.78, 5) is 16.5. The number of hydrazone groups is 1. The number of hydrogen-bond acceptors (Lipinski definition) is 6. The van der Waals surface area contributed by atoms with E-state index < -0.39 is 0 Å². The Kier molecular flexibility index (Phi) is 6.40. The van der Waals surface area contributed by atoms with Crippen molar-refractivity contribution >= 4 is 12.1 Å². The van der Waals surface area contributed by atoms with Gasteiger partial charge in [-0.3, -0.25) is 14.6 Å². The molecule has 1 aliphatic heterocycles. The Labute approximate surface area is 158 Å². The van der Waals surface area contributed by atoms with Crippen LogP contribution in [-0.4, -0.2) is 64.9 Å². The number of piperazine rings is 1. The molecular weight excluding hydrogens is 344 g/mol. The van der Waals surface area contributed by atoms with Crippen molar-refractivity contribution < 1.29 is 15.0 Å². The summed E-state index contributed by atoms with van der Waals surface area (Å²) in [6, 6.07) is 14.6. The van der Waals surface area contributed by atoms with Gasteiger partial charge in [-0.2, -0.15) is 5.10 Å². The number of aromatic hydroxyl groups is 2. The van der Waals surface area contributed by atoms with E-state index >= 15 is 0 Å². The quantitative estimate of drug-likeness (QED) is 0.529. The second kappa shape index (κ2) is 9.16. The maximum Gasteiger partial charge on any atom is 0.254 e. The van der Waals surface area contributed by atoms with Crippen LogP contribution < -0.4 is 5.43 Å². The third kappa shape index (κ3) is 5.80. The molecule has 7 nitrogen and oxygen atoms in total.